The summed E-state index contributed by atoms with van der Waals surface area (Å²) in [6, 6.07) is 0. The quantitative estimate of drug-likeness (QED) is 0.652. The van der Waals surface area contributed by atoms with Crippen molar-refractivity contribution in [1.29, 1.82) is 0 Å². The van der Waals surface area contributed by atoms with Gasteiger partial charge in [-0.3, -0.25) is 4.79 Å². The molecule has 0 aromatic carbocycles. The molecule has 1 N–H and O–H groups in total. The van der Waals surface area contributed by atoms with Gasteiger partial charge in [-0.25, -0.2) is 0 Å². The highest BCUT2D eigenvalue weighted by molar-refractivity contribution is 7.99. The molecule has 0 radical (unpaired) electrons. The number of hydrogen-bond acceptors (Lipinski definition) is 4. The highest BCUT2D eigenvalue weighted by Crippen LogP contribution is 2.36. The molecule has 0 bridgehead atoms. The van der Waals surface area contributed by atoms with Crippen LogP contribution in [0.5, 0.6) is 0 Å². The summed E-state index contributed by atoms with van der Waals surface area (Å²) in [5.74, 6) is 1.93. The molecule has 21 heavy (non-hydrogen) atoms. The van der Waals surface area contributed by atoms with Gasteiger partial charge in [0.05, 0.1) is 6.61 Å². The van der Waals surface area contributed by atoms with Gasteiger partial charge in [0.2, 0.25) is 0 Å². The van der Waals surface area contributed by atoms with Gasteiger partial charge in [0.25, 0.3) is 0 Å². The van der Waals surface area contributed by atoms with Gasteiger partial charge < -0.3 is 10.1 Å². The second-order valence-electron chi connectivity index (χ2n) is 6.50. The van der Waals surface area contributed by atoms with E-state index in [1.54, 1.807) is 0 Å². The molecular formula is C17H33NO2S. The lowest BCUT2D eigenvalue weighted by Gasteiger charge is -2.39. The Balaban J connectivity index is 2.61. The molecular weight excluding hydrogens is 282 g/mol. The highest BCUT2D eigenvalue weighted by Gasteiger charge is 2.43. The first-order valence-corrected chi connectivity index (χ1v) is 9.62. The Hall–Kier alpha value is -0.220. The van der Waals surface area contributed by atoms with Crippen molar-refractivity contribution in [1.82, 2.24) is 5.32 Å². The number of esters is 1. The van der Waals surface area contributed by atoms with Crippen molar-refractivity contribution in [3.05, 3.63) is 0 Å². The molecule has 0 amide bonds. The zero-order chi connectivity index (χ0) is 15.7. The van der Waals surface area contributed by atoms with E-state index in [4.69, 9.17) is 4.74 Å². The Morgan fingerprint density at radius 2 is 2.19 bits per heavy atom. The topological polar surface area (TPSA) is 38.3 Å². The summed E-state index contributed by atoms with van der Waals surface area (Å²) in [6.07, 6.45) is 6.51. The maximum Gasteiger partial charge on any atom is 0.326 e. The van der Waals surface area contributed by atoms with Crippen LogP contribution in [0.2, 0.25) is 0 Å². The maximum absolute atomic E-state index is 12.5. The minimum Gasteiger partial charge on any atom is -0.465 e. The number of ether oxygens (including phenoxy) is 1. The van der Waals surface area contributed by atoms with Crippen molar-refractivity contribution < 1.29 is 9.53 Å². The molecule has 0 spiro atoms. The lowest BCUT2D eigenvalue weighted by atomic mass is 9.81. The molecule has 0 heterocycles. The average molecular weight is 316 g/mol. The number of rotatable bonds is 9. The molecule has 0 aromatic rings. The molecule has 124 valence electrons. The van der Waals surface area contributed by atoms with E-state index in [0.29, 0.717) is 11.9 Å². The monoisotopic (exact) mass is 315 g/mol. The van der Waals surface area contributed by atoms with Crippen LogP contribution in [0.15, 0.2) is 0 Å². The number of carbonyl (C=O) groups is 1. The summed E-state index contributed by atoms with van der Waals surface area (Å²) >= 11 is 2.05. The van der Waals surface area contributed by atoms with Gasteiger partial charge in [0, 0.05) is 5.25 Å². The van der Waals surface area contributed by atoms with Crippen LogP contribution in [-0.4, -0.2) is 35.7 Å². The third-order valence-corrected chi connectivity index (χ3v) is 5.48. The van der Waals surface area contributed by atoms with Crippen LogP contribution in [0.25, 0.3) is 0 Å². The van der Waals surface area contributed by atoms with Crippen molar-refractivity contribution in [2.24, 2.45) is 5.92 Å². The molecule has 1 aliphatic carbocycles. The Bertz CT molecular complexity index is 309. The molecule has 1 aliphatic rings. The maximum atomic E-state index is 12.5. The van der Waals surface area contributed by atoms with Crippen molar-refractivity contribution in [3.8, 4) is 0 Å². The zero-order valence-corrected chi connectivity index (χ0v) is 15.1. The standard InChI is InChI=1S/C17H33NO2S/c1-5-11-18-17(16(19)20-6-2)10-7-8-15(13-17)21-12-9-14(3)4/h14-15,18H,5-13H2,1-4H3. The Labute approximate surface area is 135 Å². The molecule has 1 rings (SSSR count). The SMILES string of the molecule is CCCNC1(C(=O)OCC)CCCC(SCCC(C)C)C1. The van der Waals surface area contributed by atoms with Gasteiger partial charge in [-0.05, 0) is 63.7 Å². The van der Waals surface area contributed by atoms with Gasteiger partial charge in [-0.15, -0.1) is 0 Å². The second kappa shape index (κ2) is 9.73. The fourth-order valence-electron chi connectivity index (χ4n) is 2.89. The summed E-state index contributed by atoms with van der Waals surface area (Å²) < 4.78 is 5.36. The van der Waals surface area contributed by atoms with Crippen LogP contribution < -0.4 is 5.32 Å². The number of nitrogens with one attached hydrogen (secondary N) is 1. The number of hydrogen-bond donors (Lipinski definition) is 1. The summed E-state index contributed by atoms with van der Waals surface area (Å²) in [5.41, 5.74) is -0.431. The minimum atomic E-state index is -0.431. The molecule has 0 aromatic heterocycles. The molecule has 0 aliphatic heterocycles. The fraction of sp³-hybridized carbons (Fsp3) is 0.941. The van der Waals surface area contributed by atoms with Gasteiger partial charge in [-0.1, -0.05) is 20.8 Å². The molecule has 4 heteroatoms. The van der Waals surface area contributed by atoms with Gasteiger partial charge in [0.1, 0.15) is 5.54 Å². The van der Waals surface area contributed by atoms with Crippen LogP contribution >= 0.6 is 11.8 Å². The van der Waals surface area contributed by atoms with E-state index in [-0.39, 0.29) is 5.97 Å². The van der Waals surface area contributed by atoms with Crippen molar-refractivity contribution in [2.75, 3.05) is 18.9 Å². The van der Waals surface area contributed by atoms with E-state index in [9.17, 15) is 4.79 Å². The molecule has 1 saturated carbocycles. The van der Waals surface area contributed by atoms with Gasteiger partial charge in [-0.2, -0.15) is 11.8 Å². The summed E-state index contributed by atoms with van der Waals surface area (Å²) in [5, 5.41) is 4.10. The lowest BCUT2D eigenvalue weighted by molar-refractivity contribution is -0.152. The first-order valence-electron chi connectivity index (χ1n) is 8.58. The predicted octanol–water partition coefficient (Wildman–Crippen LogP) is 4.01. The summed E-state index contributed by atoms with van der Waals surface area (Å²) in [6.45, 7) is 9.94. The highest BCUT2D eigenvalue weighted by atomic mass is 32.2. The van der Waals surface area contributed by atoms with Crippen LogP contribution in [-0.2, 0) is 9.53 Å². The van der Waals surface area contributed by atoms with Crippen LogP contribution in [0.3, 0.4) is 0 Å². The van der Waals surface area contributed by atoms with E-state index in [1.807, 2.05) is 18.7 Å². The van der Waals surface area contributed by atoms with Crippen molar-refractivity contribution in [2.45, 2.75) is 77.0 Å². The van der Waals surface area contributed by atoms with Gasteiger partial charge >= 0.3 is 5.97 Å². The number of carbonyl (C=O) groups excluding carboxylic acids is 1. The molecule has 1 fully saturated rings. The third kappa shape index (κ3) is 6.19. The average Bonchev–Trinajstić information content (AvgIpc) is 2.45. The lowest BCUT2D eigenvalue weighted by Crippen LogP contribution is -2.56. The molecule has 0 saturated heterocycles. The Morgan fingerprint density at radius 3 is 2.81 bits per heavy atom. The first-order chi connectivity index (χ1) is 10.0. The van der Waals surface area contributed by atoms with E-state index in [0.717, 1.165) is 38.1 Å². The largest absolute Gasteiger partial charge is 0.465 e. The van der Waals surface area contributed by atoms with Crippen LogP contribution in [0.4, 0.5) is 0 Å². The number of thioether (sulfide) groups is 1. The summed E-state index contributed by atoms with van der Waals surface area (Å²) in [7, 11) is 0. The van der Waals surface area contributed by atoms with E-state index < -0.39 is 5.54 Å². The van der Waals surface area contributed by atoms with Crippen LogP contribution in [0, 0.1) is 5.92 Å². The minimum absolute atomic E-state index is 0.0346. The van der Waals surface area contributed by atoms with Gasteiger partial charge in [0.15, 0.2) is 0 Å². The molecule has 2 unspecified atom stereocenters. The fourth-order valence-corrected chi connectivity index (χ4v) is 4.57. The predicted molar refractivity (Wildman–Crippen MR) is 91.8 cm³/mol. The summed E-state index contributed by atoms with van der Waals surface area (Å²) in [4.78, 5) is 12.5. The van der Waals surface area contributed by atoms with E-state index >= 15 is 0 Å². The third-order valence-electron chi connectivity index (χ3n) is 4.13. The Morgan fingerprint density at radius 1 is 1.43 bits per heavy atom. The van der Waals surface area contributed by atoms with Crippen molar-refractivity contribution in [3.63, 3.8) is 0 Å². The molecule has 2 atom stereocenters. The van der Waals surface area contributed by atoms with E-state index in [2.05, 4.69) is 26.1 Å². The zero-order valence-electron chi connectivity index (χ0n) is 14.2. The smallest absolute Gasteiger partial charge is 0.326 e. The molecule has 3 nitrogen and oxygen atoms in total. The van der Waals surface area contributed by atoms with Crippen molar-refractivity contribution >= 4 is 17.7 Å². The normalized spacial score (nSPS) is 26.0. The second-order valence-corrected chi connectivity index (χ2v) is 7.91. The first kappa shape index (κ1) is 18.8. The van der Waals surface area contributed by atoms with E-state index in [1.165, 1.54) is 18.6 Å². The Kier molecular flexibility index (Phi) is 8.72. The van der Waals surface area contributed by atoms with Crippen LogP contribution in [0.1, 0.15) is 66.2 Å².